The molecular formula is C49H42B3ClO3. The molecule has 8 aromatic rings. The zero-order valence-electron chi connectivity index (χ0n) is 31.2. The highest BCUT2D eigenvalue weighted by atomic mass is 35.5. The van der Waals surface area contributed by atoms with Gasteiger partial charge >= 0.3 is 20.7 Å². The van der Waals surface area contributed by atoms with E-state index in [2.05, 4.69) is 36.4 Å². The summed E-state index contributed by atoms with van der Waals surface area (Å²) in [6.07, 6.45) is 0. The first-order chi connectivity index (χ1) is 27.4. The second-order valence-electron chi connectivity index (χ2n) is 13.5. The van der Waals surface area contributed by atoms with Crippen LogP contribution in [0.3, 0.4) is 0 Å². The van der Waals surface area contributed by atoms with E-state index < -0.39 is 20.7 Å². The SMILES string of the molecule is Cc1ccc(B(O)c2ccc(-c3ccccc3)cc2)cc1.OB(c1ccc(Cl)cc1)c1ccc(-c2ccccc2)cc1.OB(c1ccccc1)c1ccccc1. The maximum atomic E-state index is 10.4. The van der Waals surface area contributed by atoms with E-state index in [-0.39, 0.29) is 0 Å². The number of benzene rings is 8. The molecule has 0 fully saturated rings. The van der Waals surface area contributed by atoms with Crippen molar-refractivity contribution in [2.24, 2.45) is 0 Å². The van der Waals surface area contributed by atoms with E-state index in [1.54, 1.807) is 12.1 Å². The number of hydrogen-bond donors (Lipinski definition) is 3. The lowest BCUT2D eigenvalue weighted by Gasteiger charge is -2.09. The first-order valence-corrected chi connectivity index (χ1v) is 19.0. The minimum atomic E-state index is -0.632. The van der Waals surface area contributed by atoms with Crippen LogP contribution in [0.1, 0.15) is 5.56 Å². The van der Waals surface area contributed by atoms with Crippen LogP contribution < -0.4 is 32.8 Å². The Balaban J connectivity index is 0.000000146. The van der Waals surface area contributed by atoms with Crippen molar-refractivity contribution in [3.05, 3.63) is 229 Å². The van der Waals surface area contributed by atoms with E-state index in [1.807, 2.05) is 177 Å². The van der Waals surface area contributed by atoms with Gasteiger partial charge in [-0.05, 0) is 74.1 Å². The van der Waals surface area contributed by atoms with Gasteiger partial charge in [0.15, 0.2) is 0 Å². The van der Waals surface area contributed by atoms with Gasteiger partial charge in [-0.3, -0.25) is 0 Å². The average Bonchev–Trinajstić information content (AvgIpc) is 3.28. The van der Waals surface area contributed by atoms with E-state index in [9.17, 15) is 15.1 Å². The van der Waals surface area contributed by atoms with Crippen molar-refractivity contribution in [2.45, 2.75) is 6.92 Å². The van der Waals surface area contributed by atoms with Crippen molar-refractivity contribution in [3.63, 3.8) is 0 Å². The lowest BCUT2D eigenvalue weighted by molar-refractivity contribution is 0.599. The molecule has 56 heavy (non-hydrogen) atoms. The standard InChI is InChI=1S/C19H17BO.C18H14BClO.C12H11BO/c1-15-7-11-18(12-8-15)20(21)19-13-9-17(10-14-19)16-5-3-2-4-6-16;20-18-12-10-17(11-13-18)19(21)16-8-6-15(7-9-16)14-4-2-1-3-5-14;14-13(11-7-3-1-4-8-11)12-9-5-2-6-10-12/h2-14,21H,1H3;1-13,21H;1-10,14H. The normalized spacial score (nSPS) is 10.2. The lowest BCUT2D eigenvalue weighted by Crippen LogP contribution is -2.42. The van der Waals surface area contributed by atoms with Crippen molar-refractivity contribution in [3.8, 4) is 22.3 Å². The number of aryl methyl sites for hydroxylation is 1. The summed E-state index contributed by atoms with van der Waals surface area (Å²) >= 11 is 5.87. The third kappa shape index (κ3) is 11.1. The molecule has 3 nitrogen and oxygen atoms in total. The van der Waals surface area contributed by atoms with Crippen LogP contribution in [0.25, 0.3) is 22.3 Å². The number of halogens is 1. The molecule has 0 bridgehead atoms. The molecule has 0 unspecified atom stereocenters. The fraction of sp³-hybridized carbons (Fsp3) is 0.0204. The van der Waals surface area contributed by atoms with Gasteiger partial charge in [-0.15, -0.1) is 0 Å². The predicted octanol–water partition coefficient (Wildman–Crippen LogP) is 6.65. The molecule has 0 atom stereocenters. The third-order valence-corrected chi connectivity index (χ3v) is 9.73. The molecule has 0 radical (unpaired) electrons. The van der Waals surface area contributed by atoms with E-state index in [0.29, 0.717) is 5.02 Å². The lowest BCUT2D eigenvalue weighted by atomic mass is 9.56. The Bertz CT molecular complexity index is 2160. The van der Waals surface area contributed by atoms with Gasteiger partial charge in [0.2, 0.25) is 0 Å². The van der Waals surface area contributed by atoms with Gasteiger partial charge < -0.3 is 15.1 Å². The second kappa shape index (κ2) is 20.2. The Kier molecular flexibility index (Phi) is 14.3. The fourth-order valence-corrected chi connectivity index (χ4v) is 6.34. The van der Waals surface area contributed by atoms with E-state index in [0.717, 1.165) is 43.9 Å². The summed E-state index contributed by atoms with van der Waals surface area (Å²) in [4.78, 5) is 0. The predicted molar refractivity (Wildman–Crippen MR) is 241 cm³/mol. The van der Waals surface area contributed by atoms with Crippen molar-refractivity contribution in [2.75, 3.05) is 0 Å². The molecule has 0 aliphatic carbocycles. The third-order valence-electron chi connectivity index (χ3n) is 9.48. The molecule has 8 rings (SSSR count). The van der Waals surface area contributed by atoms with Crippen LogP contribution in [-0.4, -0.2) is 35.8 Å². The molecule has 8 aromatic carbocycles. The Morgan fingerprint density at radius 3 is 0.839 bits per heavy atom. The monoisotopic (exact) mass is 746 g/mol. The summed E-state index contributed by atoms with van der Waals surface area (Å²) in [6, 6.07) is 71.1. The smallest absolute Gasteiger partial charge is 0.358 e. The second-order valence-corrected chi connectivity index (χ2v) is 13.9. The van der Waals surface area contributed by atoms with Crippen LogP contribution in [0.4, 0.5) is 0 Å². The Morgan fingerprint density at radius 1 is 0.286 bits per heavy atom. The molecule has 0 spiro atoms. The summed E-state index contributed by atoms with van der Waals surface area (Å²) in [7, 11) is 0. The highest BCUT2D eigenvalue weighted by molar-refractivity contribution is 6.79. The van der Waals surface area contributed by atoms with E-state index in [4.69, 9.17) is 11.6 Å². The molecule has 0 amide bonds. The Labute approximate surface area is 336 Å². The van der Waals surface area contributed by atoms with Crippen molar-refractivity contribution < 1.29 is 15.1 Å². The first kappa shape index (κ1) is 39.8. The minimum absolute atomic E-state index is 0.516. The molecule has 0 aromatic heterocycles. The molecule has 0 aliphatic heterocycles. The Morgan fingerprint density at radius 2 is 0.518 bits per heavy atom. The van der Waals surface area contributed by atoms with Gasteiger partial charge in [-0.25, -0.2) is 0 Å². The minimum Gasteiger partial charge on any atom is -0.443 e. The van der Waals surface area contributed by atoms with Crippen LogP contribution >= 0.6 is 11.6 Å². The maximum absolute atomic E-state index is 10.4. The van der Waals surface area contributed by atoms with Crippen LogP contribution in [0.2, 0.25) is 5.02 Å². The van der Waals surface area contributed by atoms with Gasteiger partial charge in [0, 0.05) is 5.02 Å². The molecule has 7 heteroatoms. The van der Waals surface area contributed by atoms with Crippen LogP contribution in [-0.2, 0) is 0 Å². The molecular weight excluding hydrogens is 704 g/mol. The van der Waals surface area contributed by atoms with Crippen molar-refractivity contribution in [1.29, 1.82) is 0 Å². The highest BCUT2D eigenvalue weighted by Crippen LogP contribution is 2.18. The van der Waals surface area contributed by atoms with Gasteiger partial charge in [0.1, 0.15) is 0 Å². The molecule has 0 aliphatic rings. The molecule has 272 valence electrons. The van der Waals surface area contributed by atoms with Gasteiger partial charge in [-0.2, -0.15) is 0 Å². The van der Waals surface area contributed by atoms with Crippen LogP contribution in [0.15, 0.2) is 218 Å². The highest BCUT2D eigenvalue weighted by Gasteiger charge is 2.18. The maximum Gasteiger partial charge on any atom is 0.358 e. The molecule has 3 N–H and O–H groups in total. The van der Waals surface area contributed by atoms with Crippen LogP contribution in [0, 0.1) is 6.92 Å². The van der Waals surface area contributed by atoms with Gasteiger partial charge in [-0.1, -0.05) is 223 Å². The number of rotatable bonds is 8. The quantitative estimate of drug-likeness (QED) is 0.153. The largest absolute Gasteiger partial charge is 0.443 e. The molecule has 0 saturated carbocycles. The summed E-state index contributed by atoms with van der Waals surface area (Å²) in [6.45, 7) is 0.324. The average molecular weight is 747 g/mol. The van der Waals surface area contributed by atoms with E-state index in [1.165, 1.54) is 16.7 Å². The zero-order chi connectivity index (χ0) is 39.1. The summed E-state index contributed by atoms with van der Waals surface area (Å²) in [5, 5.41) is 31.5. The van der Waals surface area contributed by atoms with Crippen molar-refractivity contribution in [1.82, 2.24) is 0 Å². The van der Waals surface area contributed by atoms with Crippen LogP contribution in [0.5, 0.6) is 0 Å². The summed E-state index contributed by atoms with van der Waals surface area (Å²) in [5.74, 6) is 0. The van der Waals surface area contributed by atoms with Gasteiger partial charge in [0.05, 0.1) is 0 Å². The molecule has 0 heterocycles. The fourth-order valence-electron chi connectivity index (χ4n) is 6.22. The topological polar surface area (TPSA) is 60.7 Å². The van der Waals surface area contributed by atoms with Crippen molar-refractivity contribution >= 4 is 65.1 Å². The summed E-state index contributed by atoms with van der Waals surface area (Å²) < 4.78 is 0. The molecule has 0 saturated heterocycles. The Hall–Kier alpha value is -5.88. The zero-order valence-corrected chi connectivity index (χ0v) is 32.0. The van der Waals surface area contributed by atoms with Gasteiger partial charge in [0.25, 0.3) is 0 Å². The number of hydrogen-bond acceptors (Lipinski definition) is 3. The van der Waals surface area contributed by atoms with E-state index >= 15 is 0 Å². The first-order valence-electron chi connectivity index (χ1n) is 18.6. The summed E-state index contributed by atoms with van der Waals surface area (Å²) in [5.41, 5.74) is 11.3.